The van der Waals surface area contributed by atoms with E-state index in [4.69, 9.17) is 16.3 Å². The van der Waals surface area contributed by atoms with Crippen LogP contribution in [0, 0.1) is 0 Å². The molecule has 1 saturated heterocycles. The van der Waals surface area contributed by atoms with Crippen LogP contribution >= 0.6 is 11.6 Å². The van der Waals surface area contributed by atoms with Crippen LogP contribution < -0.4 is 10.1 Å². The van der Waals surface area contributed by atoms with Crippen molar-refractivity contribution in [2.45, 2.75) is 32.2 Å². The van der Waals surface area contributed by atoms with Gasteiger partial charge in [-0.15, -0.1) is 0 Å². The van der Waals surface area contributed by atoms with E-state index in [0.29, 0.717) is 16.5 Å². The molecule has 1 heterocycles. The number of likely N-dealkylation sites (tertiary alicyclic amines) is 1. The molecule has 1 atom stereocenters. The average Bonchev–Trinajstić information content (AvgIpc) is 2.47. The van der Waals surface area contributed by atoms with Crippen LogP contribution in [0.1, 0.15) is 26.2 Å². The van der Waals surface area contributed by atoms with Crippen molar-refractivity contribution >= 4 is 23.2 Å². The van der Waals surface area contributed by atoms with Gasteiger partial charge in [-0.3, -0.25) is 9.69 Å². The van der Waals surface area contributed by atoms with Crippen LogP contribution in [-0.2, 0) is 4.79 Å². The largest absolute Gasteiger partial charge is 0.495 e. The molecule has 1 fully saturated rings. The van der Waals surface area contributed by atoms with E-state index in [1.807, 2.05) is 6.92 Å². The van der Waals surface area contributed by atoms with Crippen LogP contribution in [0.25, 0.3) is 0 Å². The Bertz CT molecular complexity index is 473. The zero-order chi connectivity index (χ0) is 14.5. The topological polar surface area (TPSA) is 41.6 Å². The van der Waals surface area contributed by atoms with Crippen molar-refractivity contribution in [2.24, 2.45) is 0 Å². The fourth-order valence-corrected chi connectivity index (χ4v) is 2.72. The number of rotatable bonds is 4. The molecule has 2 rings (SSSR count). The van der Waals surface area contributed by atoms with Gasteiger partial charge in [-0.25, -0.2) is 0 Å². The summed E-state index contributed by atoms with van der Waals surface area (Å²) in [6, 6.07) is 5.15. The Morgan fingerprint density at radius 3 is 2.65 bits per heavy atom. The number of anilines is 1. The van der Waals surface area contributed by atoms with Gasteiger partial charge in [-0.05, 0) is 51.1 Å². The third-order valence-corrected chi connectivity index (χ3v) is 4.03. The van der Waals surface area contributed by atoms with Gasteiger partial charge < -0.3 is 10.1 Å². The van der Waals surface area contributed by atoms with Gasteiger partial charge in [0.2, 0.25) is 5.91 Å². The second kappa shape index (κ2) is 6.95. The summed E-state index contributed by atoms with van der Waals surface area (Å²) in [6.07, 6.45) is 3.61. The number of carbonyl (C=O) groups is 1. The van der Waals surface area contributed by atoms with Crippen LogP contribution in [0.15, 0.2) is 18.2 Å². The number of nitrogens with zero attached hydrogens (tertiary/aromatic N) is 1. The molecule has 0 spiro atoms. The van der Waals surface area contributed by atoms with Gasteiger partial charge in [0.05, 0.1) is 18.2 Å². The predicted octanol–water partition coefficient (Wildman–Crippen LogP) is 3.16. The molecule has 1 aromatic rings. The van der Waals surface area contributed by atoms with Crippen molar-refractivity contribution in [3.63, 3.8) is 0 Å². The maximum Gasteiger partial charge on any atom is 0.241 e. The first-order valence-electron chi connectivity index (χ1n) is 7.00. The smallest absolute Gasteiger partial charge is 0.241 e. The van der Waals surface area contributed by atoms with E-state index in [0.717, 1.165) is 13.1 Å². The second-order valence-electron chi connectivity index (χ2n) is 5.11. The van der Waals surface area contributed by atoms with Crippen molar-refractivity contribution in [2.75, 3.05) is 25.5 Å². The molecule has 1 N–H and O–H groups in total. The molecule has 0 radical (unpaired) electrons. The van der Waals surface area contributed by atoms with Crippen molar-refractivity contribution in [3.8, 4) is 5.75 Å². The molecule has 1 aliphatic heterocycles. The van der Waals surface area contributed by atoms with Crippen molar-refractivity contribution < 1.29 is 9.53 Å². The Morgan fingerprint density at radius 2 is 2.05 bits per heavy atom. The lowest BCUT2D eigenvalue weighted by Gasteiger charge is -2.31. The zero-order valence-electron chi connectivity index (χ0n) is 12.0. The molecule has 5 heteroatoms. The maximum absolute atomic E-state index is 12.3. The highest BCUT2D eigenvalue weighted by Crippen LogP contribution is 2.27. The number of nitrogens with one attached hydrogen (secondary N) is 1. The molecule has 1 amide bonds. The van der Waals surface area contributed by atoms with Crippen molar-refractivity contribution in [1.29, 1.82) is 0 Å². The molecule has 1 aliphatic rings. The van der Waals surface area contributed by atoms with Gasteiger partial charge in [0.15, 0.2) is 0 Å². The van der Waals surface area contributed by atoms with Gasteiger partial charge in [0, 0.05) is 5.69 Å². The van der Waals surface area contributed by atoms with Crippen LogP contribution in [0.3, 0.4) is 0 Å². The van der Waals surface area contributed by atoms with Crippen molar-refractivity contribution in [1.82, 2.24) is 4.90 Å². The maximum atomic E-state index is 12.3. The highest BCUT2D eigenvalue weighted by Gasteiger charge is 2.22. The number of piperidine rings is 1. The molecule has 0 bridgehead atoms. The summed E-state index contributed by atoms with van der Waals surface area (Å²) in [4.78, 5) is 14.5. The van der Waals surface area contributed by atoms with Gasteiger partial charge in [-0.1, -0.05) is 18.0 Å². The third kappa shape index (κ3) is 3.64. The van der Waals surface area contributed by atoms with E-state index in [1.165, 1.54) is 19.3 Å². The van der Waals surface area contributed by atoms with E-state index in [9.17, 15) is 4.79 Å². The Morgan fingerprint density at radius 1 is 1.35 bits per heavy atom. The van der Waals surface area contributed by atoms with Crippen LogP contribution in [0.4, 0.5) is 5.69 Å². The minimum absolute atomic E-state index is 0.00753. The van der Waals surface area contributed by atoms with E-state index in [-0.39, 0.29) is 11.9 Å². The fourth-order valence-electron chi connectivity index (χ4n) is 2.46. The number of hydrogen-bond donors (Lipinski definition) is 1. The van der Waals surface area contributed by atoms with Crippen LogP contribution in [-0.4, -0.2) is 37.0 Å². The summed E-state index contributed by atoms with van der Waals surface area (Å²) in [6.45, 7) is 3.95. The number of halogens is 1. The first kappa shape index (κ1) is 15.1. The summed E-state index contributed by atoms with van der Waals surface area (Å²) < 4.78 is 5.09. The Balaban J connectivity index is 1.98. The molecule has 0 aliphatic carbocycles. The van der Waals surface area contributed by atoms with E-state index in [2.05, 4.69) is 10.2 Å². The number of amides is 1. The van der Waals surface area contributed by atoms with Crippen molar-refractivity contribution in [3.05, 3.63) is 23.2 Å². The minimum Gasteiger partial charge on any atom is -0.495 e. The molecule has 0 saturated carbocycles. The lowest BCUT2D eigenvalue weighted by Crippen LogP contribution is -2.44. The molecule has 110 valence electrons. The molecule has 4 nitrogen and oxygen atoms in total. The SMILES string of the molecule is COc1ccc(NC(=O)[C@H](C)N2CCCCC2)cc1Cl. The summed E-state index contributed by atoms with van der Waals surface area (Å²) in [5, 5.41) is 3.41. The van der Waals surface area contributed by atoms with E-state index < -0.39 is 0 Å². The number of ether oxygens (including phenoxy) is 1. The minimum atomic E-state index is -0.115. The summed E-state index contributed by atoms with van der Waals surface area (Å²) in [5.41, 5.74) is 0.699. The summed E-state index contributed by atoms with van der Waals surface area (Å²) >= 11 is 6.05. The second-order valence-corrected chi connectivity index (χ2v) is 5.52. The predicted molar refractivity (Wildman–Crippen MR) is 81.5 cm³/mol. The number of methoxy groups -OCH3 is 1. The van der Waals surface area contributed by atoms with E-state index >= 15 is 0 Å². The number of benzene rings is 1. The summed E-state index contributed by atoms with van der Waals surface area (Å²) in [5.74, 6) is 0.613. The third-order valence-electron chi connectivity index (χ3n) is 3.74. The Kier molecular flexibility index (Phi) is 5.26. The Hall–Kier alpha value is -1.26. The molecule has 20 heavy (non-hydrogen) atoms. The Labute approximate surface area is 125 Å². The number of carbonyl (C=O) groups excluding carboxylic acids is 1. The van der Waals surface area contributed by atoms with Gasteiger partial charge in [-0.2, -0.15) is 0 Å². The lowest BCUT2D eigenvalue weighted by atomic mass is 10.1. The summed E-state index contributed by atoms with van der Waals surface area (Å²) in [7, 11) is 1.57. The van der Waals surface area contributed by atoms with Gasteiger partial charge >= 0.3 is 0 Å². The van der Waals surface area contributed by atoms with Gasteiger partial charge in [0.1, 0.15) is 5.75 Å². The first-order valence-corrected chi connectivity index (χ1v) is 7.38. The average molecular weight is 297 g/mol. The lowest BCUT2D eigenvalue weighted by molar-refractivity contribution is -0.121. The highest BCUT2D eigenvalue weighted by molar-refractivity contribution is 6.32. The van der Waals surface area contributed by atoms with E-state index in [1.54, 1.807) is 25.3 Å². The molecule has 0 aromatic heterocycles. The number of hydrogen-bond acceptors (Lipinski definition) is 3. The molecular formula is C15H21ClN2O2. The normalized spacial score (nSPS) is 17.6. The fraction of sp³-hybridized carbons (Fsp3) is 0.533. The molecule has 0 unspecified atom stereocenters. The van der Waals surface area contributed by atoms with Crippen LogP contribution in [0.5, 0.6) is 5.75 Å². The molecular weight excluding hydrogens is 276 g/mol. The zero-order valence-corrected chi connectivity index (χ0v) is 12.7. The van der Waals surface area contributed by atoms with Gasteiger partial charge in [0.25, 0.3) is 0 Å². The molecule has 1 aromatic carbocycles. The van der Waals surface area contributed by atoms with Crippen LogP contribution in [0.2, 0.25) is 5.02 Å². The quantitative estimate of drug-likeness (QED) is 0.928. The monoisotopic (exact) mass is 296 g/mol. The highest BCUT2D eigenvalue weighted by atomic mass is 35.5. The first-order chi connectivity index (χ1) is 9.61. The standard InChI is InChI=1S/C15H21ClN2O2/c1-11(18-8-4-3-5-9-18)15(19)17-12-6-7-14(20-2)13(16)10-12/h6-7,10-11H,3-5,8-9H2,1-2H3,(H,17,19)/t11-/m0/s1.